The van der Waals surface area contributed by atoms with E-state index in [4.69, 9.17) is 11.6 Å². The van der Waals surface area contributed by atoms with Gasteiger partial charge in [-0.25, -0.2) is 5.11 Å². The standard InChI is InChI=1S/C7H5ClNO3/c8-7-3-6(9(11)12)2-1-5(7)4-10/h1-3H,4H2. The minimum Gasteiger partial charge on any atom is -0.258 e. The third-order valence-corrected chi connectivity index (χ3v) is 1.75. The van der Waals surface area contributed by atoms with E-state index >= 15 is 0 Å². The molecule has 0 bridgehead atoms. The van der Waals surface area contributed by atoms with E-state index in [0.717, 1.165) is 0 Å². The summed E-state index contributed by atoms with van der Waals surface area (Å²) < 4.78 is 0. The topological polar surface area (TPSA) is 63.0 Å². The third-order valence-electron chi connectivity index (χ3n) is 1.40. The monoisotopic (exact) mass is 186 g/mol. The van der Waals surface area contributed by atoms with Crippen LogP contribution in [-0.2, 0) is 11.7 Å². The first-order chi connectivity index (χ1) is 5.65. The molecular weight excluding hydrogens is 182 g/mol. The highest BCUT2D eigenvalue weighted by atomic mass is 35.5. The van der Waals surface area contributed by atoms with Crippen molar-refractivity contribution in [1.82, 2.24) is 0 Å². The Morgan fingerprint density at radius 3 is 2.58 bits per heavy atom. The molecule has 0 spiro atoms. The van der Waals surface area contributed by atoms with Gasteiger partial charge in [0.15, 0.2) is 0 Å². The van der Waals surface area contributed by atoms with Crippen LogP contribution in [0.5, 0.6) is 0 Å². The first-order valence-corrected chi connectivity index (χ1v) is 3.54. The summed E-state index contributed by atoms with van der Waals surface area (Å²) in [4.78, 5) is 9.67. The number of halogens is 1. The van der Waals surface area contributed by atoms with Crippen molar-refractivity contribution in [3.63, 3.8) is 0 Å². The molecule has 0 aliphatic rings. The Bertz CT molecular complexity index is 314. The summed E-state index contributed by atoms with van der Waals surface area (Å²) in [6, 6.07) is 3.81. The maximum absolute atomic E-state index is 10.4. The molecule has 63 valence electrons. The number of nitrogens with zero attached hydrogens (tertiary/aromatic N) is 1. The SMILES string of the molecule is [O]Cc1ccc([N+](=O)[O-])cc1Cl. The smallest absolute Gasteiger partial charge is 0.258 e. The van der Waals surface area contributed by atoms with Crippen LogP contribution in [0.3, 0.4) is 0 Å². The number of nitro benzene ring substituents is 1. The average Bonchev–Trinajstić information content (AvgIpc) is 2.04. The van der Waals surface area contributed by atoms with E-state index in [1.807, 2.05) is 0 Å². The third kappa shape index (κ3) is 1.72. The summed E-state index contributed by atoms with van der Waals surface area (Å²) in [7, 11) is 0. The van der Waals surface area contributed by atoms with Gasteiger partial charge in [-0.1, -0.05) is 11.6 Å². The van der Waals surface area contributed by atoms with Gasteiger partial charge in [0.1, 0.15) is 6.61 Å². The highest BCUT2D eigenvalue weighted by molar-refractivity contribution is 6.31. The zero-order valence-electron chi connectivity index (χ0n) is 5.99. The van der Waals surface area contributed by atoms with E-state index < -0.39 is 11.5 Å². The fourth-order valence-electron chi connectivity index (χ4n) is 0.767. The molecule has 0 heterocycles. The number of benzene rings is 1. The van der Waals surface area contributed by atoms with Gasteiger partial charge in [-0.05, 0) is 6.07 Å². The van der Waals surface area contributed by atoms with Crippen molar-refractivity contribution in [1.29, 1.82) is 0 Å². The predicted octanol–water partition coefficient (Wildman–Crippen LogP) is 2.18. The summed E-state index contributed by atoms with van der Waals surface area (Å²) in [6.07, 6.45) is 0. The molecule has 1 aromatic carbocycles. The summed E-state index contributed by atoms with van der Waals surface area (Å²) in [6.45, 7) is -0.461. The quantitative estimate of drug-likeness (QED) is 0.525. The molecule has 1 rings (SSSR count). The first-order valence-electron chi connectivity index (χ1n) is 3.16. The Kier molecular flexibility index (Phi) is 2.62. The molecule has 0 fully saturated rings. The molecule has 4 nitrogen and oxygen atoms in total. The van der Waals surface area contributed by atoms with Crippen molar-refractivity contribution in [2.45, 2.75) is 6.61 Å². The highest BCUT2D eigenvalue weighted by Gasteiger charge is 2.08. The Morgan fingerprint density at radius 2 is 2.17 bits per heavy atom. The summed E-state index contributed by atoms with van der Waals surface area (Å²) >= 11 is 5.57. The van der Waals surface area contributed by atoms with E-state index in [0.29, 0.717) is 5.56 Å². The molecular formula is C7H5ClNO3. The van der Waals surface area contributed by atoms with Crippen LogP contribution < -0.4 is 0 Å². The van der Waals surface area contributed by atoms with Gasteiger partial charge in [-0.3, -0.25) is 10.1 Å². The van der Waals surface area contributed by atoms with Crippen LogP contribution in [-0.4, -0.2) is 4.92 Å². The first kappa shape index (κ1) is 8.96. The molecule has 5 heteroatoms. The molecule has 12 heavy (non-hydrogen) atoms. The zero-order valence-corrected chi connectivity index (χ0v) is 6.75. The van der Waals surface area contributed by atoms with E-state index in [1.165, 1.54) is 18.2 Å². The second kappa shape index (κ2) is 3.51. The van der Waals surface area contributed by atoms with Gasteiger partial charge < -0.3 is 0 Å². The molecule has 1 radical (unpaired) electrons. The van der Waals surface area contributed by atoms with Crippen LogP contribution in [0.25, 0.3) is 0 Å². The highest BCUT2D eigenvalue weighted by Crippen LogP contribution is 2.22. The number of hydrogen-bond donors (Lipinski definition) is 0. The minimum absolute atomic E-state index is 0.0998. The predicted molar refractivity (Wildman–Crippen MR) is 42.5 cm³/mol. The molecule has 0 atom stereocenters. The van der Waals surface area contributed by atoms with Crippen molar-refractivity contribution in [3.05, 3.63) is 38.9 Å². The minimum atomic E-state index is -0.555. The fourth-order valence-corrected chi connectivity index (χ4v) is 0.996. The molecule has 0 saturated heterocycles. The lowest BCUT2D eigenvalue weighted by Crippen LogP contribution is -1.89. The van der Waals surface area contributed by atoms with E-state index in [-0.39, 0.29) is 10.7 Å². The molecule has 1 aromatic rings. The zero-order chi connectivity index (χ0) is 9.14. The van der Waals surface area contributed by atoms with Crippen LogP contribution in [0.2, 0.25) is 5.02 Å². The molecule has 0 aliphatic carbocycles. The van der Waals surface area contributed by atoms with Gasteiger partial charge in [-0.2, -0.15) is 0 Å². The maximum atomic E-state index is 10.4. The second-order valence-electron chi connectivity index (χ2n) is 2.18. The lowest BCUT2D eigenvalue weighted by Gasteiger charge is -1.97. The van der Waals surface area contributed by atoms with Crippen molar-refractivity contribution < 1.29 is 10.0 Å². The largest absolute Gasteiger partial charge is 0.270 e. The number of rotatable bonds is 2. The Balaban J connectivity index is 3.10. The molecule has 0 unspecified atom stereocenters. The molecule has 0 N–H and O–H groups in total. The van der Waals surface area contributed by atoms with Gasteiger partial charge in [0.2, 0.25) is 0 Å². The van der Waals surface area contributed by atoms with Crippen LogP contribution in [0.4, 0.5) is 5.69 Å². The maximum Gasteiger partial charge on any atom is 0.270 e. The van der Waals surface area contributed by atoms with Gasteiger partial charge in [0, 0.05) is 17.7 Å². The average molecular weight is 187 g/mol. The lowest BCUT2D eigenvalue weighted by molar-refractivity contribution is -0.384. The van der Waals surface area contributed by atoms with E-state index in [9.17, 15) is 15.2 Å². The Morgan fingerprint density at radius 1 is 1.50 bits per heavy atom. The summed E-state index contributed by atoms with van der Waals surface area (Å²) in [5, 5.41) is 20.8. The summed E-state index contributed by atoms with van der Waals surface area (Å²) in [5.41, 5.74) is 0.277. The van der Waals surface area contributed by atoms with E-state index in [1.54, 1.807) is 0 Å². The van der Waals surface area contributed by atoms with Gasteiger partial charge in [-0.15, -0.1) is 0 Å². The molecule has 0 saturated carbocycles. The lowest BCUT2D eigenvalue weighted by atomic mass is 10.2. The number of nitro groups is 1. The van der Waals surface area contributed by atoms with Crippen LogP contribution in [0, 0.1) is 10.1 Å². The van der Waals surface area contributed by atoms with Crippen molar-refractivity contribution in [2.75, 3.05) is 0 Å². The van der Waals surface area contributed by atoms with Crippen LogP contribution in [0.1, 0.15) is 5.56 Å². The second-order valence-corrected chi connectivity index (χ2v) is 2.58. The van der Waals surface area contributed by atoms with Gasteiger partial charge in [0.05, 0.1) is 9.95 Å². The van der Waals surface area contributed by atoms with Crippen LogP contribution >= 0.6 is 11.6 Å². The molecule has 0 amide bonds. The molecule has 0 aliphatic heterocycles. The Labute approximate surface area is 73.5 Å². The van der Waals surface area contributed by atoms with Gasteiger partial charge in [0.25, 0.3) is 5.69 Å². The van der Waals surface area contributed by atoms with Crippen molar-refractivity contribution in [3.8, 4) is 0 Å². The number of non-ortho nitro benzene ring substituents is 1. The number of hydrogen-bond acceptors (Lipinski definition) is 2. The van der Waals surface area contributed by atoms with E-state index in [2.05, 4.69) is 0 Å². The summed E-state index contributed by atoms with van der Waals surface area (Å²) in [5.74, 6) is 0. The van der Waals surface area contributed by atoms with Crippen molar-refractivity contribution >= 4 is 17.3 Å². The molecule has 0 aromatic heterocycles. The van der Waals surface area contributed by atoms with Crippen LogP contribution in [0.15, 0.2) is 18.2 Å². The Hall–Kier alpha value is -1.13. The van der Waals surface area contributed by atoms with Gasteiger partial charge >= 0.3 is 0 Å². The normalized spacial score (nSPS) is 9.83. The fraction of sp³-hybridized carbons (Fsp3) is 0.143. The van der Waals surface area contributed by atoms with Crippen molar-refractivity contribution in [2.24, 2.45) is 0 Å².